The second-order valence-electron chi connectivity index (χ2n) is 2.64. The molecule has 0 aliphatic rings. The van der Waals surface area contributed by atoms with E-state index in [0.717, 1.165) is 0 Å². The zero-order valence-electron chi connectivity index (χ0n) is 8.79. The van der Waals surface area contributed by atoms with Gasteiger partial charge in [0.25, 0.3) is 5.56 Å². The number of carbonyl (C=O) groups is 1. The zero-order valence-corrected chi connectivity index (χ0v) is 11.9. The van der Waals surface area contributed by atoms with Crippen molar-refractivity contribution in [3.05, 3.63) is 31.3 Å². The quantitative estimate of drug-likeness (QED) is 0.276. The number of urea groups is 1. The van der Waals surface area contributed by atoms with Gasteiger partial charge in [-0.1, -0.05) is 0 Å². The Labute approximate surface area is 135 Å². The Morgan fingerprint density at radius 1 is 0.882 bits per heavy atom. The van der Waals surface area contributed by atoms with E-state index in [1.165, 1.54) is 0 Å². The van der Waals surface area contributed by atoms with Crippen LogP contribution in [0.25, 0.3) is 11.2 Å². The van der Waals surface area contributed by atoms with Gasteiger partial charge >= 0.3 is 17.4 Å². The largest absolute Gasteiger partial charge is 0.352 e. The third-order valence-corrected chi connectivity index (χ3v) is 1.42. The maximum atomic E-state index is 10.9. The van der Waals surface area contributed by atoms with E-state index < -0.39 is 23.0 Å². The van der Waals surface area contributed by atoms with E-state index in [-0.39, 0.29) is 62.5 Å². The second kappa shape index (κ2) is 6.56. The summed E-state index contributed by atoms with van der Waals surface area (Å²) in [5, 5.41) is 0. The van der Waals surface area contributed by atoms with Crippen molar-refractivity contribution >= 4 is 68.6 Å². The molecule has 2 amide bonds. The molecule has 0 aromatic carbocycles. The van der Waals surface area contributed by atoms with Crippen LogP contribution in [0.15, 0.2) is 14.4 Å². The van der Waals surface area contributed by atoms with Crippen molar-refractivity contribution in [1.29, 1.82) is 0 Å². The van der Waals surface area contributed by atoms with Crippen LogP contribution < -0.4 is 28.4 Å². The number of nitrogens with one attached hydrogen (secondary N) is 4. The number of hydrogen-bond acceptors (Lipinski definition) is 4. The van der Waals surface area contributed by atoms with Gasteiger partial charge in [-0.2, -0.15) is 0 Å². The molecule has 0 saturated carbocycles. The summed E-state index contributed by atoms with van der Waals surface area (Å²) in [6.07, 6.45) is 0. The molecule has 2 rings (SSSR count). The monoisotopic (exact) mass is 267 g/mol. The van der Waals surface area contributed by atoms with E-state index in [2.05, 4.69) is 26.4 Å². The SMILES string of the molecule is NC(N)=O.O=c1[nH]c(=O)c2[nH]c(=O)[nH]c2[nH]1.[K]. The molecule has 1 radical (unpaired) electrons. The number of imidazole rings is 1. The van der Waals surface area contributed by atoms with Gasteiger partial charge in [-0.15, -0.1) is 0 Å². The molecule has 0 saturated heterocycles. The molecule has 2 aromatic rings. The van der Waals surface area contributed by atoms with Gasteiger partial charge in [-0.05, 0) is 0 Å². The fourth-order valence-corrected chi connectivity index (χ4v) is 0.958. The van der Waals surface area contributed by atoms with Crippen molar-refractivity contribution in [3.63, 3.8) is 0 Å². The summed E-state index contributed by atoms with van der Waals surface area (Å²) >= 11 is 0. The van der Waals surface area contributed by atoms with Crippen molar-refractivity contribution in [2.75, 3.05) is 0 Å². The van der Waals surface area contributed by atoms with Crippen LogP contribution in [-0.4, -0.2) is 77.4 Å². The van der Waals surface area contributed by atoms with Gasteiger partial charge in [0, 0.05) is 51.4 Å². The molecule has 0 bridgehead atoms. The Morgan fingerprint density at radius 3 is 1.76 bits per heavy atom. The second-order valence-corrected chi connectivity index (χ2v) is 2.64. The van der Waals surface area contributed by atoms with E-state index in [1.807, 2.05) is 4.98 Å². The normalized spacial score (nSPS) is 8.94. The van der Waals surface area contributed by atoms with Crippen molar-refractivity contribution in [2.45, 2.75) is 0 Å². The van der Waals surface area contributed by atoms with Crippen molar-refractivity contribution < 1.29 is 4.79 Å². The van der Waals surface area contributed by atoms with E-state index in [9.17, 15) is 14.4 Å². The van der Waals surface area contributed by atoms with Crippen LogP contribution in [0.3, 0.4) is 0 Å². The molecule has 2 heterocycles. The molecule has 2 aromatic heterocycles. The number of aromatic nitrogens is 4. The first-order chi connectivity index (χ1) is 7.40. The van der Waals surface area contributed by atoms with Crippen LogP contribution >= 0.6 is 0 Å². The average molecular weight is 267 g/mol. The van der Waals surface area contributed by atoms with Gasteiger partial charge in [0.15, 0.2) is 0 Å². The summed E-state index contributed by atoms with van der Waals surface area (Å²) in [4.78, 5) is 50.0. The number of aromatic amines is 4. The summed E-state index contributed by atoms with van der Waals surface area (Å²) in [7, 11) is 0. The molecule has 0 fully saturated rings. The maximum Gasteiger partial charge on any atom is 0.327 e. The van der Waals surface area contributed by atoms with Crippen LogP contribution in [-0.2, 0) is 0 Å². The van der Waals surface area contributed by atoms with Gasteiger partial charge in [-0.25, -0.2) is 14.4 Å². The smallest absolute Gasteiger partial charge is 0.327 e. The Hall–Kier alpha value is -1.14. The van der Waals surface area contributed by atoms with Crippen LogP contribution in [0.2, 0.25) is 0 Å². The number of amides is 2. The van der Waals surface area contributed by atoms with Gasteiger partial charge < -0.3 is 11.5 Å². The molecule has 0 unspecified atom stereocenters. The zero-order chi connectivity index (χ0) is 12.3. The molecule has 0 atom stereocenters. The fraction of sp³-hybridized carbons (Fsp3) is 0. The summed E-state index contributed by atoms with van der Waals surface area (Å²) in [6, 6.07) is -0.833. The molecule has 11 heteroatoms. The van der Waals surface area contributed by atoms with Crippen LogP contribution in [0.1, 0.15) is 0 Å². The minimum atomic E-state index is -0.833. The molecule has 87 valence electrons. The third-order valence-electron chi connectivity index (χ3n) is 1.42. The summed E-state index contributed by atoms with van der Waals surface area (Å²) in [5.74, 6) is 0. The number of fused-ring (bicyclic) bond motifs is 1. The Bertz CT molecular complexity index is 674. The van der Waals surface area contributed by atoms with E-state index in [4.69, 9.17) is 4.79 Å². The number of nitrogens with two attached hydrogens (primary N) is 2. The van der Waals surface area contributed by atoms with Gasteiger partial charge in [0.1, 0.15) is 11.2 Å². The van der Waals surface area contributed by atoms with Crippen LogP contribution in [0.4, 0.5) is 4.79 Å². The predicted molar refractivity (Wildman–Crippen MR) is 59.7 cm³/mol. The third kappa shape index (κ3) is 4.70. The van der Waals surface area contributed by atoms with Crippen LogP contribution in [0, 0.1) is 0 Å². The van der Waals surface area contributed by atoms with Crippen molar-refractivity contribution in [1.82, 2.24) is 19.9 Å². The fourth-order valence-electron chi connectivity index (χ4n) is 0.958. The van der Waals surface area contributed by atoms with E-state index in [0.29, 0.717) is 0 Å². The Balaban J connectivity index is 0.000000453. The number of rotatable bonds is 0. The number of H-pyrrole nitrogens is 4. The summed E-state index contributed by atoms with van der Waals surface area (Å²) in [6.45, 7) is 0. The molecule has 10 nitrogen and oxygen atoms in total. The molecular formula is C6H8KN6O4. The molecule has 17 heavy (non-hydrogen) atoms. The first-order valence-corrected chi connectivity index (χ1v) is 3.89. The Morgan fingerprint density at radius 2 is 1.29 bits per heavy atom. The predicted octanol–water partition coefficient (Wildman–Crippen LogP) is -3.12. The molecular weight excluding hydrogens is 259 g/mol. The van der Waals surface area contributed by atoms with E-state index in [1.54, 1.807) is 0 Å². The standard InChI is InChI=1S/C5H4N4O3.CH4N2O.K/c10-3-1-2(7-4(11)6-1)8-5(12)9-3;2-1(3)4;/h(H4,6,7,8,9,10,11,12);(H4,2,3,4);. The van der Waals surface area contributed by atoms with Crippen LogP contribution in [0.5, 0.6) is 0 Å². The van der Waals surface area contributed by atoms with Gasteiger partial charge in [0.05, 0.1) is 0 Å². The number of hydrogen-bond donors (Lipinski definition) is 6. The maximum absolute atomic E-state index is 10.9. The average Bonchev–Trinajstić information content (AvgIpc) is 2.44. The van der Waals surface area contributed by atoms with Gasteiger partial charge in [0.2, 0.25) is 0 Å². The van der Waals surface area contributed by atoms with Gasteiger partial charge in [-0.3, -0.25) is 24.7 Å². The summed E-state index contributed by atoms with van der Waals surface area (Å²) < 4.78 is 0. The molecule has 0 aliphatic carbocycles. The number of primary amides is 2. The van der Waals surface area contributed by atoms with Crippen molar-refractivity contribution in [2.24, 2.45) is 11.5 Å². The first kappa shape index (κ1) is 15.9. The molecule has 8 N–H and O–H groups in total. The minimum absolute atomic E-state index is 0. The van der Waals surface area contributed by atoms with Crippen molar-refractivity contribution in [3.8, 4) is 0 Å². The topological polar surface area (TPSA) is 183 Å². The number of carbonyl (C=O) groups excluding carboxylic acids is 1. The summed E-state index contributed by atoms with van der Waals surface area (Å²) in [5.41, 5.74) is 6.85. The molecule has 0 aliphatic heterocycles. The first-order valence-electron chi connectivity index (χ1n) is 3.89. The minimum Gasteiger partial charge on any atom is -0.352 e. The Kier molecular flexibility index (Phi) is 6.12. The van der Waals surface area contributed by atoms with E-state index >= 15 is 0 Å². The molecule has 0 spiro atoms.